The lowest BCUT2D eigenvalue weighted by atomic mass is 9.90. The van der Waals surface area contributed by atoms with Crippen molar-refractivity contribution in [1.29, 1.82) is 0 Å². The van der Waals surface area contributed by atoms with Gasteiger partial charge in [0.1, 0.15) is 12.2 Å². The monoisotopic (exact) mass is 300 g/mol. The Kier molecular flexibility index (Phi) is 4.40. The molecule has 0 radical (unpaired) electrons. The molecular formula is C18H24N2O2. The van der Waals surface area contributed by atoms with Crippen molar-refractivity contribution in [2.45, 2.75) is 39.4 Å². The first kappa shape index (κ1) is 16.3. The highest BCUT2D eigenvalue weighted by Crippen LogP contribution is 2.36. The molecule has 1 heterocycles. The fourth-order valence-corrected chi connectivity index (χ4v) is 3.18. The van der Waals surface area contributed by atoms with Crippen LogP contribution in [0.25, 0.3) is 0 Å². The van der Waals surface area contributed by atoms with E-state index < -0.39 is 6.04 Å². The van der Waals surface area contributed by atoms with Crippen LogP contribution in [0, 0.1) is 5.41 Å². The summed E-state index contributed by atoms with van der Waals surface area (Å²) in [6.45, 7) is 9.86. The molecule has 0 spiro atoms. The average molecular weight is 300 g/mol. The van der Waals surface area contributed by atoms with Gasteiger partial charge < -0.3 is 9.80 Å². The molecule has 118 valence electrons. The molecule has 1 aromatic carbocycles. The average Bonchev–Trinajstić information content (AvgIpc) is 2.72. The zero-order valence-corrected chi connectivity index (χ0v) is 13.7. The summed E-state index contributed by atoms with van der Waals surface area (Å²) >= 11 is 0. The third-order valence-corrected chi connectivity index (χ3v) is 4.02. The lowest BCUT2D eigenvalue weighted by Gasteiger charge is -2.39. The van der Waals surface area contributed by atoms with E-state index in [1.54, 1.807) is 35.1 Å². The first-order valence-electron chi connectivity index (χ1n) is 7.54. The molecule has 1 saturated heterocycles. The van der Waals surface area contributed by atoms with Crippen LogP contribution < -0.4 is 0 Å². The van der Waals surface area contributed by atoms with Crippen molar-refractivity contribution in [3.63, 3.8) is 0 Å². The zero-order valence-electron chi connectivity index (χ0n) is 13.7. The fourth-order valence-electron chi connectivity index (χ4n) is 3.18. The van der Waals surface area contributed by atoms with Crippen LogP contribution in [-0.4, -0.2) is 40.9 Å². The molecular weight excluding hydrogens is 276 g/mol. The Hall–Kier alpha value is -2.10. The molecule has 0 saturated carbocycles. The lowest BCUT2D eigenvalue weighted by Crippen LogP contribution is -2.50. The van der Waals surface area contributed by atoms with Gasteiger partial charge in [-0.2, -0.15) is 0 Å². The van der Waals surface area contributed by atoms with E-state index in [-0.39, 0.29) is 23.4 Å². The van der Waals surface area contributed by atoms with Gasteiger partial charge in [-0.3, -0.25) is 9.59 Å². The normalized spacial score (nSPS) is 22.1. The summed E-state index contributed by atoms with van der Waals surface area (Å²) in [7, 11) is 1.77. The van der Waals surface area contributed by atoms with Crippen LogP contribution >= 0.6 is 0 Å². The Morgan fingerprint density at radius 3 is 2.36 bits per heavy atom. The second-order valence-corrected chi connectivity index (χ2v) is 6.81. The molecule has 0 unspecified atom stereocenters. The van der Waals surface area contributed by atoms with Gasteiger partial charge in [0.05, 0.1) is 0 Å². The van der Waals surface area contributed by atoms with Crippen LogP contribution in [0.15, 0.2) is 43.0 Å². The Morgan fingerprint density at radius 2 is 1.86 bits per heavy atom. The van der Waals surface area contributed by atoms with Crippen LogP contribution in [-0.2, 0) is 4.79 Å². The Balaban J connectivity index is 2.47. The summed E-state index contributed by atoms with van der Waals surface area (Å²) in [5, 5.41) is 0. The predicted molar refractivity (Wildman–Crippen MR) is 87.2 cm³/mol. The number of hydrogen-bond donors (Lipinski definition) is 0. The van der Waals surface area contributed by atoms with Gasteiger partial charge in [0, 0.05) is 18.0 Å². The number of likely N-dealkylation sites (N-methyl/N-ethyl adjacent to an activating group) is 1. The lowest BCUT2D eigenvalue weighted by molar-refractivity contribution is -0.129. The minimum atomic E-state index is -0.473. The van der Waals surface area contributed by atoms with Crippen LogP contribution in [0.4, 0.5) is 0 Å². The summed E-state index contributed by atoms with van der Waals surface area (Å²) in [5.74, 6) is -0.130. The Morgan fingerprint density at radius 1 is 1.27 bits per heavy atom. The number of carbonyl (C=O) groups is 2. The summed E-state index contributed by atoms with van der Waals surface area (Å²) in [4.78, 5) is 29.0. The second-order valence-electron chi connectivity index (χ2n) is 6.81. The standard InChI is InChI=1S/C18H24N2O2/c1-6-10-14-16(22)19(5)17(18(2,3)4)20(14)15(21)13-11-8-7-9-12-13/h6-9,11-12,14,17H,1,10H2,2-5H3/t14-,17-/m0/s1. The minimum Gasteiger partial charge on any atom is -0.323 e. The van der Waals surface area contributed by atoms with Crippen molar-refractivity contribution >= 4 is 11.8 Å². The van der Waals surface area contributed by atoms with E-state index in [0.29, 0.717) is 12.0 Å². The highest BCUT2D eigenvalue weighted by atomic mass is 16.2. The van der Waals surface area contributed by atoms with E-state index in [0.717, 1.165) is 0 Å². The van der Waals surface area contributed by atoms with Gasteiger partial charge in [0.2, 0.25) is 5.91 Å². The SMILES string of the molecule is C=CC[C@H]1C(=O)N(C)[C@H](C(C)(C)C)N1C(=O)c1ccccc1. The molecule has 1 aliphatic rings. The van der Waals surface area contributed by atoms with Crippen molar-refractivity contribution in [3.8, 4) is 0 Å². The molecule has 22 heavy (non-hydrogen) atoms. The fraction of sp³-hybridized carbons (Fsp3) is 0.444. The topological polar surface area (TPSA) is 40.6 Å². The highest BCUT2D eigenvalue weighted by Gasteiger charge is 2.50. The number of nitrogens with zero attached hydrogens (tertiary/aromatic N) is 2. The maximum Gasteiger partial charge on any atom is 0.256 e. The van der Waals surface area contributed by atoms with Gasteiger partial charge in [-0.25, -0.2) is 0 Å². The van der Waals surface area contributed by atoms with Crippen molar-refractivity contribution in [2.24, 2.45) is 5.41 Å². The molecule has 2 rings (SSSR count). The van der Waals surface area contributed by atoms with Crippen LogP contribution in [0.5, 0.6) is 0 Å². The maximum absolute atomic E-state index is 13.0. The second kappa shape index (κ2) is 5.95. The molecule has 1 aromatic rings. The van der Waals surface area contributed by atoms with E-state index in [1.165, 1.54) is 0 Å². The summed E-state index contributed by atoms with van der Waals surface area (Å²) in [5.41, 5.74) is 0.374. The molecule has 1 fully saturated rings. The van der Waals surface area contributed by atoms with Crippen LogP contribution in [0.1, 0.15) is 37.6 Å². The molecule has 4 heteroatoms. The van der Waals surface area contributed by atoms with Gasteiger partial charge in [-0.05, 0) is 18.6 Å². The third-order valence-electron chi connectivity index (χ3n) is 4.02. The van der Waals surface area contributed by atoms with Gasteiger partial charge in [-0.1, -0.05) is 45.0 Å². The number of benzene rings is 1. The number of carbonyl (C=O) groups excluding carboxylic acids is 2. The highest BCUT2D eigenvalue weighted by molar-refractivity contribution is 5.99. The number of hydrogen-bond acceptors (Lipinski definition) is 2. The van der Waals surface area contributed by atoms with E-state index >= 15 is 0 Å². The first-order valence-corrected chi connectivity index (χ1v) is 7.54. The zero-order chi connectivity index (χ0) is 16.5. The molecule has 2 amide bonds. The Labute approximate surface area is 132 Å². The maximum atomic E-state index is 13.0. The summed E-state index contributed by atoms with van der Waals surface area (Å²) in [6.07, 6.45) is 1.90. The molecule has 2 atom stereocenters. The largest absolute Gasteiger partial charge is 0.323 e. The molecule has 0 bridgehead atoms. The number of amides is 2. The van der Waals surface area contributed by atoms with Gasteiger partial charge in [0.25, 0.3) is 5.91 Å². The van der Waals surface area contributed by atoms with Crippen molar-refractivity contribution in [3.05, 3.63) is 48.6 Å². The van der Waals surface area contributed by atoms with Gasteiger partial charge in [-0.15, -0.1) is 6.58 Å². The predicted octanol–water partition coefficient (Wildman–Crippen LogP) is 2.92. The van der Waals surface area contributed by atoms with Crippen molar-refractivity contribution in [2.75, 3.05) is 7.05 Å². The first-order chi connectivity index (χ1) is 10.3. The van der Waals surface area contributed by atoms with E-state index in [2.05, 4.69) is 6.58 Å². The van der Waals surface area contributed by atoms with Crippen molar-refractivity contribution in [1.82, 2.24) is 9.80 Å². The Bertz CT molecular complexity index is 574. The molecule has 0 N–H and O–H groups in total. The summed E-state index contributed by atoms with van der Waals surface area (Å²) in [6, 6.07) is 8.65. The molecule has 0 aliphatic carbocycles. The summed E-state index contributed by atoms with van der Waals surface area (Å²) < 4.78 is 0. The molecule has 4 nitrogen and oxygen atoms in total. The molecule has 1 aliphatic heterocycles. The van der Waals surface area contributed by atoms with Gasteiger partial charge in [0.15, 0.2) is 0 Å². The number of rotatable bonds is 3. The minimum absolute atomic E-state index is 0.0240. The quantitative estimate of drug-likeness (QED) is 0.805. The smallest absolute Gasteiger partial charge is 0.256 e. The van der Waals surface area contributed by atoms with E-state index in [9.17, 15) is 9.59 Å². The van der Waals surface area contributed by atoms with E-state index in [4.69, 9.17) is 0 Å². The molecule has 0 aromatic heterocycles. The van der Waals surface area contributed by atoms with E-state index in [1.807, 2.05) is 39.0 Å². The van der Waals surface area contributed by atoms with Crippen molar-refractivity contribution < 1.29 is 9.59 Å². The van der Waals surface area contributed by atoms with Crippen LogP contribution in [0.2, 0.25) is 0 Å². The van der Waals surface area contributed by atoms with Crippen LogP contribution in [0.3, 0.4) is 0 Å². The third kappa shape index (κ3) is 2.78. The van der Waals surface area contributed by atoms with Gasteiger partial charge >= 0.3 is 0 Å².